The van der Waals surface area contributed by atoms with Crippen LogP contribution in [-0.4, -0.2) is 59.1 Å². The van der Waals surface area contributed by atoms with E-state index in [1.54, 1.807) is 4.90 Å². The molecule has 2 unspecified atom stereocenters. The number of carbonyl (C=O) groups excluding carboxylic acids is 1. The predicted molar refractivity (Wildman–Crippen MR) is 72.3 cm³/mol. The second-order valence-corrected chi connectivity index (χ2v) is 5.39. The minimum atomic E-state index is -0.313. The highest BCUT2D eigenvalue weighted by atomic mass is 16.3. The average molecular weight is 264 g/mol. The Kier molecular flexibility index (Phi) is 3.66. The smallest absolute Gasteiger partial charge is 0.261 e. The summed E-state index contributed by atoms with van der Waals surface area (Å²) in [5.74, 6) is -0.296. The van der Waals surface area contributed by atoms with E-state index in [4.69, 9.17) is 0 Å². The Hall–Kier alpha value is -1.75. The van der Waals surface area contributed by atoms with Crippen LogP contribution in [0, 0.1) is 5.92 Å². The first kappa shape index (κ1) is 13.7. The number of hydrogen-bond acceptors (Lipinski definition) is 4. The van der Waals surface area contributed by atoms with Gasteiger partial charge in [0.05, 0.1) is 0 Å². The number of amides is 1. The number of carbonyl (C=O) groups is 1. The number of aromatic hydroxyl groups is 2. The Balaban J connectivity index is 2.22. The largest absolute Gasteiger partial charge is 0.507 e. The van der Waals surface area contributed by atoms with Crippen molar-refractivity contribution in [2.45, 2.75) is 13.0 Å². The molecule has 2 N–H and O–H groups in total. The van der Waals surface area contributed by atoms with Gasteiger partial charge in [0.25, 0.3) is 5.91 Å². The van der Waals surface area contributed by atoms with Crippen molar-refractivity contribution < 1.29 is 15.0 Å². The van der Waals surface area contributed by atoms with Crippen molar-refractivity contribution in [2.24, 2.45) is 5.92 Å². The van der Waals surface area contributed by atoms with Gasteiger partial charge in [0, 0.05) is 19.1 Å². The molecular weight excluding hydrogens is 244 g/mol. The molecule has 1 aliphatic rings. The van der Waals surface area contributed by atoms with Gasteiger partial charge in [-0.3, -0.25) is 4.79 Å². The van der Waals surface area contributed by atoms with Crippen LogP contribution < -0.4 is 0 Å². The zero-order chi connectivity index (χ0) is 14.2. The summed E-state index contributed by atoms with van der Waals surface area (Å²) in [6, 6.07) is 4.64. The molecule has 0 spiro atoms. The molecule has 0 radical (unpaired) electrons. The first-order valence-electron chi connectivity index (χ1n) is 6.38. The van der Waals surface area contributed by atoms with E-state index in [1.807, 2.05) is 14.1 Å². The number of phenols is 2. The first-order valence-corrected chi connectivity index (χ1v) is 6.38. The molecule has 1 amide bonds. The summed E-state index contributed by atoms with van der Waals surface area (Å²) in [7, 11) is 3.99. The van der Waals surface area contributed by atoms with Crippen LogP contribution in [0.1, 0.15) is 17.3 Å². The molecule has 5 heteroatoms. The van der Waals surface area contributed by atoms with Crippen molar-refractivity contribution in [3.63, 3.8) is 0 Å². The van der Waals surface area contributed by atoms with Crippen molar-refractivity contribution in [3.05, 3.63) is 23.8 Å². The van der Waals surface area contributed by atoms with Gasteiger partial charge in [-0.15, -0.1) is 0 Å². The fourth-order valence-corrected chi connectivity index (χ4v) is 2.69. The molecular formula is C14H20N2O3. The highest BCUT2D eigenvalue weighted by Gasteiger charge is 2.35. The summed E-state index contributed by atoms with van der Waals surface area (Å²) in [4.78, 5) is 16.2. The summed E-state index contributed by atoms with van der Waals surface area (Å²) in [6.45, 7) is 3.35. The normalized spacial score (nSPS) is 23.1. The maximum absolute atomic E-state index is 12.4. The number of nitrogens with zero attached hydrogens (tertiary/aromatic N) is 2. The van der Waals surface area contributed by atoms with Crippen LogP contribution in [0.5, 0.6) is 11.5 Å². The van der Waals surface area contributed by atoms with Crippen LogP contribution in [0.15, 0.2) is 18.2 Å². The van der Waals surface area contributed by atoms with Crippen LogP contribution in [0.3, 0.4) is 0 Å². The van der Waals surface area contributed by atoms with Crippen LogP contribution in [-0.2, 0) is 0 Å². The van der Waals surface area contributed by atoms with E-state index in [-0.39, 0.29) is 23.0 Å². The van der Waals surface area contributed by atoms with Crippen molar-refractivity contribution in [1.82, 2.24) is 9.80 Å². The Bertz CT molecular complexity index is 467. The van der Waals surface area contributed by atoms with Gasteiger partial charge in [-0.2, -0.15) is 0 Å². The van der Waals surface area contributed by atoms with Gasteiger partial charge >= 0.3 is 0 Å². The van der Waals surface area contributed by atoms with E-state index in [1.165, 1.54) is 18.2 Å². The number of rotatable bonds is 2. The molecule has 1 aliphatic heterocycles. The fourth-order valence-electron chi connectivity index (χ4n) is 2.69. The Morgan fingerprint density at radius 1 is 1.26 bits per heavy atom. The molecule has 0 aromatic heterocycles. The number of likely N-dealkylation sites (tertiary alicyclic amines) is 1. The highest BCUT2D eigenvalue weighted by molar-refractivity contribution is 5.99. The highest BCUT2D eigenvalue weighted by Crippen LogP contribution is 2.30. The summed E-state index contributed by atoms with van der Waals surface area (Å²) >= 11 is 0. The molecule has 1 heterocycles. The van der Waals surface area contributed by atoms with Crippen LogP contribution in [0.25, 0.3) is 0 Å². The molecule has 2 atom stereocenters. The Morgan fingerprint density at radius 2 is 1.84 bits per heavy atom. The standard InChI is InChI=1S/C14H20N2O3/c1-9-7-16(8-10(9)15(2)3)14(19)13-11(17)5-4-6-12(13)18/h4-6,9-10,17-18H,7-8H2,1-3H3. The summed E-state index contributed by atoms with van der Waals surface area (Å²) in [5, 5.41) is 19.5. The summed E-state index contributed by atoms with van der Waals surface area (Å²) in [6.07, 6.45) is 0. The minimum Gasteiger partial charge on any atom is -0.507 e. The van der Waals surface area contributed by atoms with Crippen molar-refractivity contribution in [1.29, 1.82) is 0 Å². The lowest BCUT2D eigenvalue weighted by Gasteiger charge is -2.22. The zero-order valence-corrected chi connectivity index (χ0v) is 11.5. The molecule has 1 aromatic carbocycles. The number of hydrogen-bond donors (Lipinski definition) is 2. The lowest BCUT2D eigenvalue weighted by Crippen LogP contribution is -2.35. The van der Waals surface area contributed by atoms with E-state index < -0.39 is 0 Å². The number of benzene rings is 1. The molecule has 2 rings (SSSR count). The van der Waals surface area contributed by atoms with Crippen molar-refractivity contribution >= 4 is 5.91 Å². The molecule has 1 fully saturated rings. The second-order valence-electron chi connectivity index (χ2n) is 5.39. The number of likely N-dealkylation sites (N-methyl/N-ethyl adjacent to an activating group) is 1. The molecule has 104 valence electrons. The Morgan fingerprint density at radius 3 is 2.32 bits per heavy atom. The van der Waals surface area contributed by atoms with Crippen LogP contribution >= 0.6 is 0 Å². The maximum atomic E-state index is 12.4. The molecule has 19 heavy (non-hydrogen) atoms. The van der Waals surface area contributed by atoms with Gasteiger partial charge in [0.1, 0.15) is 17.1 Å². The van der Waals surface area contributed by atoms with Crippen molar-refractivity contribution in [3.8, 4) is 11.5 Å². The lowest BCUT2D eigenvalue weighted by atomic mass is 10.1. The maximum Gasteiger partial charge on any atom is 0.261 e. The van der Waals surface area contributed by atoms with E-state index in [9.17, 15) is 15.0 Å². The molecule has 0 aliphatic carbocycles. The van der Waals surface area contributed by atoms with Gasteiger partial charge in [-0.25, -0.2) is 0 Å². The average Bonchev–Trinajstić information content (AvgIpc) is 2.71. The van der Waals surface area contributed by atoms with E-state index in [2.05, 4.69) is 11.8 Å². The zero-order valence-electron chi connectivity index (χ0n) is 11.5. The Labute approximate surface area is 113 Å². The van der Waals surface area contributed by atoms with Gasteiger partial charge in [0.2, 0.25) is 0 Å². The molecule has 1 saturated heterocycles. The third-order valence-electron chi connectivity index (χ3n) is 3.76. The topological polar surface area (TPSA) is 64.0 Å². The molecule has 5 nitrogen and oxygen atoms in total. The van der Waals surface area contributed by atoms with Gasteiger partial charge < -0.3 is 20.0 Å². The van der Waals surface area contributed by atoms with Crippen LogP contribution in [0.4, 0.5) is 0 Å². The summed E-state index contributed by atoms with van der Waals surface area (Å²) in [5.41, 5.74) is -0.00546. The molecule has 0 saturated carbocycles. The quantitative estimate of drug-likeness (QED) is 0.840. The molecule has 1 aromatic rings. The third-order valence-corrected chi connectivity index (χ3v) is 3.76. The second kappa shape index (κ2) is 5.09. The van der Waals surface area contributed by atoms with Crippen molar-refractivity contribution in [2.75, 3.05) is 27.2 Å². The number of phenolic OH excluding ortho intramolecular Hbond substituents is 2. The monoisotopic (exact) mass is 264 g/mol. The van der Waals surface area contributed by atoms with Gasteiger partial charge in [-0.05, 0) is 32.1 Å². The lowest BCUT2D eigenvalue weighted by molar-refractivity contribution is 0.0775. The first-order chi connectivity index (χ1) is 8.91. The third kappa shape index (κ3) is 2.51. The van der Waals surface area contributed by atoms with E-state index in [0.29, 0.717) is 25.0 Å². The SMILES string of the molecule is CC1CN(C(=O)c2c(O)cccc2O)CC1N(C)C. The summed E-state index contributed by atoms with van der Waals surface area (Å²) < 4.78 is 0. The van der Waals surface area contributed by atoms with E-state index in [0.717, 1.165) is 0 Å². The van der Waals surface area contributed by atoms with Gasteiger partial charge in [-0.1, -0.05) is 13.0 Å². The predicted octanol–water partition coefficient (Wildman–Crippen LogP) is 1.12. The minimum absolute atomic E-state index is 0.00546. The molecule has 0 bridgehead atoms. The van der Waals surface area contributed by atoms with E-state index >= 15 is 0 Å². The van der Waals surface area contributed by atoms with Gasteiger partial charge in [0.15, 0.2) is 0 Å². The van der Waals surface area contributed by atoms with Crippen LogP contribution in [0.2, 0.25) is 0 Å². The fraction of sp³-hybridized carbons (Fsp3) is 0.500.